The molecule has 0 saturated heterocycles. The van der Waals surface area contributed by atoms with E-state index >= 15 is 0 Å². The predicted octanol–water partition coefficient (Wildman–Crippen LogP) is 4.37. The second kappa shape index (κ2) is 6.39. The molecule has 2 saturated carbocycles. The van der Waals surface area contributed by atoms with Gasteiger partial charge in [0.25, 0.3) is 0 Å². The molecule has 2 nitrogen and oxygen atoms in total. The molecular formula is C17H30O2. The molecule has 2 rings (SSSR count). The van der Waals surface area contributed by atoms with E-state index in [4.69, 9.17) is 4.74 Å². The Morgan fingerprint density at radius 1 is 1.16 bits per heavy atom. The summed E-state index contributed by atoms with van der Waals surface area (Å²) in [5.74, 6) is 2.07. The van der Waals surface area contributed by atoms with Gasteiger partial charge < -0.3 is 4.74 Å². The van der Waals surface area contributed by atoms with Crippen LogP contribution in [0.15, 0.2) is 0 Å². The first kappa shape index (κ1) is 15.0. The van der Waals surface area contributed by atoms with E-state index in [0.29, 0.717) is 11.7 Å². The Labute approximate surface area is 118 Å². The zero-order chi connectivity index (χ0) is 13.9. The van der Waals surface area contributed by atoms with Gasteiger partial charge in [-0.2, -0.15) is 0 Å². The van der Waals surface area contributed by atoms with Crippen LogP contribution >= 0.6 is 0 Å². The van der Waals surface area contributed by atoms with E-state index in [-0.39, 0.29) is 5.92 Å². The minimum absolute atomic E-state index is 0.270. The Balaban J connectivity index is 2.11. The fraction of sp³-hybridized carbons (Fsp3) is 0.941. The molecule has 2 fully saturated rings. The fourth-order valence-electron chi connectivity index (χ4n) is 4.16. The molecule has 0 spiro atoms. The SMILES string of the molecule is CCC1CCCCC1C(=O)C1(OC)CCC(C)CC1. The minimum atomic E-state index is -0.443. The van der Waals surface area contributed by atoms with E-state index in [1.807, 2.05) is 0 Å². The largest absolute Gasteiger partial charge is 0.370 e. The zero-order valence-corrected chi connectivity index (χ0v) is 12.9. The molecule has 0 aromatic heterocycles. The third-order valence-electron chi connectivity index (χ3n) is 5.69. The first-order valence-corrected chi connectivity index (χ1v) is 8.22. The highest BCUT2D eigenvalue weighted by Gasteiger charge is 2.46. The summed E-state index contributed by atoms with van der Waals surface area (Å²) >= 11 is 0. The van der Waals surface area contributed by atoms with Gasteiger partial charge in [0.2, 0.25) is 0 Å². The van der Waals surface area contributed by atoms with Crippen LogP contribution < -0.4 is 0 Å². The van der Waals surface area contributed by atoms with Crippen LogP contribution in [0.2, 0.25) is 0 Å². The maximum absolute atomic E-state index is 13.1. The molecule has 2 aliphatic carbocycles. The van der Waals surface area contributed by atoms with Crippen molar-refractivity contribution in [2.24, 2.45) is 17.8 Å². The van der Waals surface area contributed by atoms with Crippen molar-refractivity contribution in [3.05, 3.63) is 0 Å². The number of hydrogen-bond donors (Lipinski definition) is 0. The molecule has 0 aromatic carbocycles. The fourth-order valence-corrected chi connectivity index (χ4v) is 4.16. The van der Waals surface area contributed by atoms with E-state index in [1.54, 1.807) is 7.11 Å². The van der Waals surface area contributed by atoms with Crippen molar-refractivity contribution in [1.82, 2.24) is 0 Å². The Bertz CT molecular complexity index is 302. The first-order valence-electron chi connectivity index (χ1n) is 8.22. The normalized spacial score (nSPS) is 40.1. The third kappa shape index (κ3) is 3.04. The molecule has 19 heavy (non-hydrogen) atoms. The van der Waals surface area contributed by atoms with Crippen LogP contribution in [0.5, 0.6) is 0 Å². The van der Waals surface area contributed by atoms with Gasteiger partial charge >= 0.3 is 0 Å². The van der Waals surface area contributed by atoms with Gasteiger partial charge in [-0.3, -0.25) is 4.79 Å². The zero-order valence-electron chi connectivity index (χ0n) is 12.9. The topological polar surface area (TPSA) is 26.3 Å². The summed E-state index contributed by atoms with van der Waals surface area (Å²) in [5.41, 5.74) is -0.443. The molecule has 2 atom stereocenters. The van der Waals surface area contributed by atoms with Gasteiger partial charge in [-0.05, 0) is 50.4 Å². The van der Waals surface area contributed by atoms with Crippen LogP contribution in [0.1, 0.15) is 71.6 Å². The summed E-state index contributed by atoms with van der Waals surface area (Å²) in [5, 5.41) is 0. The van der Waals surface area contributed by atoms with Crippen molar-refractivity contribution < 1.29 is 9.53 Å². The summed E-state index contributed by atoms with van der Waals surface area (Å²) < 4.78 is 5.79. The number of carbonyl (C=O) groups excluding carboxylic acids is 1. The monoisotopic (exact) mass is 266 g/mol. The number of carbonyl (C=O) groups is 1. The Morgan fingerprint density at radius 3 is 2.37 bits per heavy atom. The lowest BCUT2D eigenvalue weighted by molar-refractivity contribution is -0.153. The molecule has 2 unspecified atom stereocenters. The highest BCUT2D eigenvalue weighted by molar-refractivity contribution is 5.90. The van der Waals surface area contributed by atoms with Crippen LogP contribution in [0.3, 0.4) is 0 Å². The number of ether oxygens (including phenoxy) is 1. The summed E-state index contributed by atoms with van der Waals surface area (Å²) in [6.45, 7) is 4.53. The summed E-state index contributed by atoms with van der Waals surface area (Å²) in [6.07, 6.45) is 10.2. The molecule has 0 aliphatic heterocycles. The molecule has 0 bridgehead atoms. The predicted molar refractivity (Wildman–Crippen MR) is 78.1 cm³/mol. The van der Waals surface area contributed by atoms with Crippen LogP contribution in [-0.2, 0) is 9.53 Å². The van der Waals surface area contributed by atoms with Crippen LogP contribution in [0.4, 0.5) is 0 Å². The van der Waals surface area contributed by atoms with Gasteiger partial charge in [-0.15, -0.1) is 0 Å². The van der Waals surface area contributed by atoms with E-state index in [2.05, 4.69) is 13.8 Å². The van der Waals surface area contributed by atoms with Gasteiger partial charge in [-0.25, -0.2) is 0 Å². The summed E-state index contributed by atoms with van der Waals surface area (Å²) in [7, 11) is 1.75. The van der Waals surface area contributed by atoms with E-state index < -0.39 is 5.60 Å². The van der Waals surface area contributed by atoms with E-state index in [9.17, 15) is 4.79 Å². The van der Waals surface area contributed by atoms with Gasteiger partial charge in [0.05, 0.1) is 0 Å². The molecule has 0 N–H and O–H groups in total. The van der Waals surface area contributed by atoms with Gasteiger partial charge in [0.15, 0.2) is 5.78 Å². The minimum Gasteiger partial charge on any atom is -0.370 e. The van der Waals surface area contributed by atoms with Crippen molar-refractivity contribution in [2.45, 2.75) is 77.2 Å². The highest BCUT2D eigenvalue weighted by Crippen LogP contribution is 2.42. The van der Waals surface area contributed by atoms with Crippen molar-refractivity contribution in [1.29, 1.82) is 0 Å². The molecule has 0 heterocycles. The number of methoxy groups -OCH3 is 1. The summed E-state index contributed by atoms with van der Waals surface area (Å²) in [6, 6.07) is 0. The van der Waals surface area contributed by atoms with Gasteiger partial charge in [0, 0.05) is 13.0 Å². The average molecular weight is 266 g/mol. The molecule has 0 aromatic rings. The van der Waals surface area contributed by atoms with Crippen molar-refractivity contribution in [2.75, 3.05) is 7.11 Å². The van der Waals surface area contributed by atoms with Gasteiger partial charge in [-0.1, -0.05) is 33.1 Å². The molecule has 2 heteroatoms. The lowest BCUT2D eigenvalue weighted by atomic mass is 9.67. The Morgan fingerprint density at radius 2 is 1.79 bits per heavy atom. The summed E-state index contributed by atoms with van der Waals surface area (Å²) in [4.78, 5) is 13.1. The van der Waals surface area contributed by atoms with Crippen LogP contribution in [0, 0.1) is 17.8 Å². The molecular weight excluding hydrogens is 236 g/mol. The van der Waals surface area contributed by atoms with Crippen molar-refractivity contribution in [3.63, 3.8) is 0 Å². The Hall–Kier alpha value is -0.370. The number of ketones is 1. The average Bonchev–Trinajstić information content (AvgIpc) is 2.47. The number of Topliss-reactive ketones (excluding diaryl/α,β-unsaturated/α-hetero) is 1. The second-order valence-corrected chi connectivity index (χ2v) is 6.80. The maximum atomic E-state index is 13.1. The smallest absolute Gasteiger partial charge is 0.167 e. The molecule has 110 valence electrons. The van der Waals surface area contributed by atoms with Crippen molar-refractivity contribution >= 4 is 5.78 Å². The van der Waals surface area contributed by atoms with Crippen LogP contribution in [-0.4, -0.2) is 18.5 Å². The first-order chi connectivity index (χ1) is 9.13. The van der Waals surface area contributed by atoms with Crippen LogP contribution in [0.25, 0.3) is 0 Å². The number of hydrogen-bond acceptors (Lipinski definition) is 2. The molecule has 0 radical (unpaired) electrons. The lowest BCUT2D eigenvalue weighted by Crippen LogP contribution is -2.49. The van der Waals surface area contributed by atoms with Gasteiger partial charge in [0.1, 0.15) is 5.60 Å². The number of rotatable bonds is 4. The Kier molecular flexibility index (Phi) is 5.05. The maximum Gasteiger partial charge on any atom is 0.167 e. The molecule has 0 amide bonds. The van der Waals surface area contributed by atoms with Crippen molar-refractivity contribution in [3.8, 4) is 0 Å². The quantitative estimate of drug-likeness (QED) is 0.755. The van der Waals surface area contributed by atoms with E-state index in [0.717, 1.165) is 44.4 Å². The second-order valence-electron chi connectivity index (χ2n) is 6.80. The third-order valence-corrected chi connectivity index (χ3v) is 5.69. The standard InChI is InChI=1S/C17H30O2/c1-4-14-7-5-6-8-15(14)16(18)17(19-3)11-9-13(2)10-12-17/h13-15H,4-12H2,1-3H3. The van der Waals surface area contributed by atoms with E-state index in [1.165, 1.54) is 19.3 Å². The molecule has 2 aliphatic rings. The highest BCUT2D eigenvalue weighted by atomic mass is 16.5. The lowest BCUT2D eigenvalue weighted by Gasteiger charge is -2.41.